The Hall–Kier alpha value is -2.24. The summed E-state index contributed by atoms with van der Waals surface area (Å²) in [5.74, 6) is 0. The van der Waals surface area contributed by atoms with E-state index in [1.165, 1.54) is 0 Å². The Balaban J connectivity index is 3.28. The van der Waals surface area contributed by atoms with Crippen molar-refractivity contribution in [3.8, 4) is 0 Å². The maximum atomic E-state index is 10.8. The number of primary amides is 2. The molecule has 0 fully saturated rings. The molecule has 20 heavy (non-hydrogen) atoms. The lowest BCUT2D eigenvalue weighted by atomic mass is 9.89. The van der Waals surface area contributed by atoms with Gasteiger partial charge in [0, 0.05) is 0 Å². The van der Waals surface area contributed by atoms with E-state index in [-0.39, 0.29) is 13.2 Å². The molecule has 1 aromatic carbocycles. The molecule has 1 aromatic rings. The Bertz CT molecular complexity index is 504. The number of hydrogen-bond donors (Lipinski definition) is 2. The minimum absolute atomic E-state index is 0.0422. The molecule has 0 radical (unpaired) electrons. The first-order chi connectivity index (χ1) is 9.25. The molecule has 110 valence electrons. The molecule has 0 bridgehead atoms. The molecule has 4 N–H and O–H groups in total. The summed E-state index contributed by atoms with van der Waals surface area (Å²) in [7, 11) is 0. The fourth-order valence-electron chi connectivity index (χ4n) is 2.15. The molecule has 0 spiro atoms. The number of ether oxygens (including phenoxy) is 2. The monoisotopic (exact) mass is 280 g/mol. The number of carbonyl (C=O) groups excluding carboxylic acids is 2. The Morgan fingerprint density at radius 2 is 1.05 bits per heavy atom. The fraction of sp³-hybridized carbons (Fsp3) is 0.429. The molecule has 0 unspecified atom stereocenters. The maximum Gasteiger partial charge on any atom is 0.404 e. The van der Waals surface area contributed by atoms with Crippen LogP contribution >= 0.6 is 0 Å². The van der Waals surface area contributed by atoms with E-state index in [0.717, 1.165) is 33.4 Å². The van der Waals surface area contributed by atoms with E-state index in [1.807, 2.05) is 27.7 Å². The van der Waals surface area contributed by atoms with Crippen molar-refractivity contribution in [2.24, 2.45) is 11.5 Å². The molecule has 0 atom stereocenters. The van der Waals surface area contributed by atoms with Gasteiger partial charge in [0.15, 0.2) is 0 Å². The number of amides is 2. The highest BCUT2D eigenvalue weighted by Crippen LogP contribution is 2.28. The number of nitrogens with two attached hydrogens (primary N) is 2. The van der Waals surface area contributed by atoms with Crippen molar-refractivity contribution in [3.05, 3.63) is 33.4 Å². The zero-order valence-corrected chi connectivity index (χ0v) is 12.2. The summed E-state index contributed by atoms with van der Waals surface area (Å²) >= 11 is 0. The van der Waals surface area contributed by atoms with Gasteiger partial charge < -0.3 is 20.9 Å². The van der Waals surface area contributed by atoms with Crippen molar-refractivity contribution < 1.29 is 19.1 Å². The zero-order valence-electron chi connectivity index (χ0n) is 12.2. The average molecular weight is 280 g/mol. The predicted octanol–water partition coefficient (Wildman–Crippen LogP) is 2.11. The normalized spacial score (nSPS) is 10.2. The molecule has 6 nitrogen and oxygen atoms in total. The highest BCUT2D eigenvalue weighted by atomic mass is 16.5. The van der Waals surface area contributed by atoms with Crippen LogP contribution in [0.25, 0.3) is 0 Å². The second-order valence-corrected chi connectivity index (χ2v) is 4.67. The van der Waals surface area contributed by atoms with Crippen molar-refractivity contribution in [1.82, 2.24) is 0 Å². The van der Waals surface area contributed by atoms with Gasteiger partial charge in [-0.25, -0.2) is 9.59 Å². The number of benzene rings is 1. The van der Waals surface area contributed by atoms with Gasteiger partial charge in [0.05, 0.1) is 0 Å². The largest absolute Gasteiger partial charge is 0.445 e. The molecule has 0 aromatic heterocycles. The first kappa shape index (κ1) is 15.8. The summed E-state index contributed by atoms with van der Waals surface area (Å²) in [5, 5.41) is 0. The molecule has 0 saturated heterocycles. The summed E-state index contributed by atoms with van der Waals surface area (Å²) in [4.78, 5) is 21.6. The maximum absolute atomic E-state index is 10.8. The zero-order chi connectivity index (χ0) is 15.4. The van der Waals surface area contributed by atoms with E-state index in [2.05, 4.69) is 0 Å². The fourth-order valence-corrected chi connectivity index (χ4v) is 2.15. The lowest BCUT2D eigenvalue weighted by molar-refractivity contribution is 0.141. The molecule has 0 heterocycles. The predicted molar refractivity (Wildman–Crippen MR) is 74.1 cm³/mol. The smallest absolute Gasteiger partial charge is 0.404 e. The van der Waals surface area contributed by atoms with E-state index in [9.17, 15) is 9.59 Å². The molecular weight excluding hydrogens is 260 g/mol. The van der Waals surface area contributed by atoms with Crippen LogP contribution in [0.15, 0.2) is 0 Å². The van der Waals surface area contributed by atoms with Crippen LogP contribution < -0.4 is 11.5 Å². The summed E-state index contributed by atoms with van der Waals surface area (Å²) in [5.41, 5.74) is 15.8. The van der Waals surface area contributed by atoms with E-state index in [1.54, 1.807) is 0 Å². The third-order valence-corrected chi connectivity index (χ3v) is 3.67. The Morgan fingerprint density at radius 1 is 0.750 bits per heavy atom. The molecule has 0 aliphatic carbocycles. The van der Waals surface area contributed by atoms with E-state index >= 15 is 0 Å². The van der Waals surface area contributed by atoms with Gasteiger partial charge in [0.25, 0.3) is 0 Å². The van der Waals surface area contributed by atoms with Crippen molar-refractivity contribution in [2.75, 3.05) is 0 Å². The van der Waals surface area contributed by atoms with Crippen molar-refractivity contribution in [3.63, 3.8) is 0 Å². The van der Waals surface area contributed by atoms with E-state index in [4.69, 9.17) is 20.9 Å². The molecule has 2 amide bonds. The summed E-state index contributed by atoms with van der Waals surface area (Å²) in [6.07, 6.45) is -1.69. The van der Waals surface area contributed by atoms with Crippen LogP contribution in [0.5, 0.6) is 0 Å². The van der Waals surface area contributed by atoms with Gasteiger partial charge in [-0.3, -0.25) is 0 Å². The average Bonchev–Trinajstić information content (AvgIpc) is 2.37. The van der Waals surface area contributed by atoms with Gasteiger partial charge in [-0.1, -0.05) is 0 Å². The first-order valence-electron chi connectivity index (χ1n) is 6.18. The molecule has 0 aliphatic heterocycles. The van der Waals surface area contributed by atoms with Crippen LogP contribution in [-0.2, 0) is 22.7 Å². The Kier molecular flexibility index (Phi) is 4.96. The van der Waals surface area contributed by atoms with Gasteiger partial charge >= 0.3 is 12.2 Å². The lowest BCUT2D eigenvalue weighted by Gasteiger charge is -2.20. The minimum atomic E-state index is -0.845. The van der Waals surface area contributed by atoms with E-state index < -0.39 is 12.2 Å². The summed E-state index contributed by atoms with van der Waals surface area (Å²) < 4.78 is 9.75. The van der Waals surface area contributed by atoms with Gasteiger partial charge in [0.2, 0.25) is 0 Å². The van der Waals surface area contributed by atoms with Crippen LogP contribution in [0.4, 0.5) is 9.59 Å². The highest BCUT2D eigenvalue weighted by molar-refractivity contribution is 5.65. The van der Waals surface area contributed by atoms with Crippen molar-refractivity contribution in [2.45, 2.75) is 40.9 Å². The third kappa shape index (κ3) is 3.40. The van der Waals surface area contributed by atoms with Gasteiger partial charge in [0.1, 0.15) is 13.2 Å². The van der Waals surface area contributed by atoms with Crippen LogP contribution in [0.1, 0.15) is 33.4 Å². The third-order valence-electron chi connectivity index (χ3n) is 3.67. The number of rotatable bonds is 4. The SMILES string of the molecule is Cc1c(C)c(C)c(COC(N)=O)c(COC(N)=O)c1C. The Labute approximate surface area is 118 Å². The second kappa shape index (κ2) is 6.27. The van der Waals surface area contributed by atoms with Gasteiger partial charge in [-0.05, 0) is 61.1 Å². The van der Waals surface area contributed by atoms with Gasteiger partial charge in [-0.15, -0.1) is 0 Å². The summed E-state index contributed by atoms with van der Waals surface area (Å²) in [6, 6.07) is 0. The number of hydrogen-bond acceptors (Lipinski definition) is 4. The van der Waals surface area contributed by atoms with Crippen LogP contribution in [-0.4, -0.2) is 12.2 Å². The highest BCUT2D eigenvalue weighted by Gasteiger charge is 2.17. The molecule has 6 heteroatoms. The van der Waals surface area contributed by atoms with E-state index in [0.29, 0.717) is 0 Å². The van der Waals surface area contributed by atoms with Crippen LogP contribution in [0.3, 0.4) is 0 Å². The Morgan fingerprint density at radius 3 is 1.30 bits per heavy atom. The van der Waals surface area contributed by atoms with Crippen molar-refractivity contribution in [1.29, 1.82) is 0 Å². The molecule has 0 aliphatic rings. The molecule has 1 rings (SSSR count). The summed E-state index contributed by atoms with van der Waals surface area (Å²) in [6.45, 7) is 7.92. The standard InChI is InChI=1S/C14H20N2O4/c1-7-8(2)10(4)12(6-20-14(16)18)11(9(7)3)5-19-13(15)17/h5-6H2,1-4H3,(H2,15,17)(H2,16,18). The second-order valence-electron chi connectivity index (χ2n) is 4.67. The topological polar surface area (TPSA) is 105 Å². The van der Waals surface area contributed by atoms with Crippen LogP contribution in [0, 0.1) is 27.7 Å². The van der Waals surface area contributed by atoms with Crippen LogP contribution in [0.2, 0.25) is 0 Å². The molecular formula is C14H20N2O4. The quantitative estimate of drug-likeness (QED) is 0.881. The first-order valence-corrected chi connectivity index (χ1v) is 6.18. The molecule has 0 saturated carbocycles. The van der Waals surface area contributed by atoms with Gasteiger partial charge in [-0.2, -0.15) is 0 Å². The minimum Gasteiger partial charge on any atom is -0.445 e. The van der Waals surface area contributed by atoms with Crippen molar-refractivity contribution >= 4 is 12.2 Å². The lowest BCUT2D eigenvalue weighted by Crippen LogP contribution is -2.18. The number of carbonyl (C=O) groups is 2.